The van der Waals surface area contributed by atoms with Crippen LogP contribution in [0.25, 0.3) is 22.1 Å². The molecule has 0 radical (unpaired) electrons. The predicted octanol–water partition coefficient (Wildman–Crippen LogP) is 2.97. The van der Waals surface area contributed by atoms with E-state index in [1.54, 1.807) is 20.4 Å². The quantitative estimate of drug-likeness (QED) is 0.425. The molecule has 2 aromatic heterocycles. The Morgan fingerprint density at radius 1 is 1.04 bits per heavy atom. The molecule has 26 heavy (non-hydrogen) atoms. The number of benzene rings is 2. The number of para-hydroxylation sites is 1. The van der Waals surface area contributed by atoms with E-state index < -0.39 is 0 Å². The Balaban J connectivity index is 1.55. The molecule has 0 amide bonds. The van der Waals surface area contributed by atoms with Crippen LogP contribution in [0.4, 0.5) is 5.95 Å². The first kappa shape index (κ1) is 15.8. The fourth-order valence-corrected chi connectivity index (χ4v) is 2.67. The van der Waals surface area contributed by atoms with Crippen molar-refractivity contribution in [2.45, 2.75) is 0 Å². The van der Waals surface area contributed by atoms with E-state index in [1.807, 2.05) is 42.5 Å². The molecule has 0 aliphatic carbocycles. The summed E-state index contributed by atoms with van der Waals surface area (Å²) < 4.78 is 10.5. The number of nitrogens with one attached hydrogen (secondary N) is 2. The molecule has 0 aliphatic rings. The van der Waals surface area contributed by atoms with Gasteiger partial charge in [-0.05, 0) is 29.8 Å². The molecule has 2 aromatic carbocycles. The Labute approximate surface area is 148 Å². The second kappa shape index (κ2) is 6.67. The number of nitrogens with zero attached hydrogens (tertiary/aromatic N) is 4. The first-order valence-electron chi connectivity index (χ1n) is 7.91. The van der Waals surface area contributed by atoms with Crippen LogP contribution < -0.4 is 14.9 Å². The number of hydrazone groups is 1. The van der Waals surface area contributed by atoms with Gasteiger partial charge in [-0.3, -0.25) is 0 Å². The van der Waals surface area contributed by atoms with Crippen molar-refractivity contribution in [1.29, 1.82) is 0 Å². The van der Waals surface area contributed by atoms with Crippen molar-refractivity contribution in [3.63, 3.8) is 0 Å². The summed E-state index contributed by atoms with van der Waals surface area (Å²) in [6.45, 7) is 0. The van der Waals surface area contributed by atoms with Crippen molar-refractivity contribution < 1.29 is 9.47 Å². The van der Waals surface area contributed by atoms with Gasteiger partial charge in [0, 0.05) is 10.9 Å². The lowest BCUT2D eigenvalue weighted by molar-refractivity contribution is 0.355. The second-order valence-corrected chi connectivity index (χ2v) is 5.49. The number of fused-ring (bicyclic) bond motifs is 3. The molecule has 0 bridgehead atoms. The first-order valence-corrected chi connectivity index (χ1v) is 7.91. The van der Waals surface area contributed by atoms with Gasteiger partial charge in [0.2, 0.25) is 0 Å². The van der Waals surface area contributed by atoms with Gasteiger partial charge in [-0.1, -0.05) is 18.2 Å². The van der Waals surface area contributed by atoms with Crippen LogP contribution >= 0.6 is 0 Å². The first-order chi connectivity index (χ1) is 12.8. The van der Waals surface area contributed by atoms with Crippen LogP contribution in [0.15, 0.2) is 47.6 Å². The highest BCUT2D eigenvalue weighted by atomic mass is 16.5. The number of aromatic amines is 1. The fraction of sp³-hybridized carbons (Fsp3) is 0.111. The highest BCUT2D eigenvalue weighted by Gasteiger charge is 2.08. The molecular formula is C18H16N6O2. The van der Waals surface area contributed by atoms with Gasteiger partial charge in [0.05, 0.1) is 20.4 Å². The molecule has 2 heterocycles. The normalized spacial score (nSPS) is 11.3. The Bertz CT molecular complexity index is 1110. The van der Waals surface area contributed by atoms with Crippen LogP contribution in [-0.2, 0) is 0 Å². The van der Waals surface area contributed by atoms with Crippen molar-refractivity contribution in [1.82, 2.24) is 20.2 Å². The van der Waals surface area contributed by atoms with Crippen molar-refractivity contribution in [3.8, 4) is 11.5 Å². The lowest BCUT2D eigenvalue weighted by Gasteiger charge is -2.07. The molecule has 130 valence electrons. The van der Waals surface area contributed by atoms with Gasteiger partial charge in [0.25, 0.3) is 5.95 Å². The van der Waals surface area contributed by atoms with Gasteiger partial charge in [0.1, 0.15) is 5.52 Å². The zero-order chi connectivity index (χ0) is 17.9. The smallest absolute Gasteiger partial charge is 0.265 e. The van der Waals surface area contributed by atoms with E-state index in [-0.39, 0.29) is 0 Å². The molecule has 0 fully saturated rings. The monoisotopic (exact) mass is 348 g/mol. The number of aromatic nitrogens is 4. The molecule has 8 heteroatoms. The Morgan fingerprint density at radius 2 is 1.88 bits per heavy atom. The minimum Gasteiger partial charge on any atom is -0.493 e. The second-order valence-electron chi connectivity index (χ2n) is 5.49. The van der Waals surface area contributed by atoms with Gasteiger partial charge in [-0.25, -0.2) is 5.43 Å². The molecule has 8 nitrogen and oxygen atoms in total. The number of H-pyrrole nitrogens is 1. The minimum atomic E-state index is 0.306. The summed E-state index contributed by atoms with van der Waals surface area (Å²) in [5, 5.41) is 13.4. The Hall–Kier alpha value is -3.68. The van der Waals surface area contributed by atoms with Gasteiger partial charge >= 0.3 is 0 Å². The average Bonchev–Trinajstić information content (AvgIpc) is 3.05. The SMILES string of the molecule is COc1ccc(/C=N\Nc2nnc3c(n2)[nH]c2ccccc23)cc1OC. The molecule has 0 saturated heterocycles. The van der Waals surface area contributed by atoms with Crippen LogP contribution in [-0.4, -0.2) is 40.6 Å². The minimum absolute atomic E-state index is 0.306. The maximum absolute atomic E-state index is 5.27. The number of methoxy groups -OCH3 is 2. The maximum atomic E-state index is 5.27. The summed E-state index contributed by atoms with van der Waals surface area (Å²) in [6.07, 6.45) is 1.64. The van der Waals surface area contributed by atoms with Crippen LogP contribution in [0.2, 0.25) is 0 Å². The van der Waals surface area contributed by atoms with Gasteiger partial charge in [-0.15, -0.1) is 10.2 Å². The molecule has 0 aliphatic heterocycles. The largest absolute Gasteiger partial charge is 0.493 e. The number of ether oxygens (including phenoxy) is 2. The van der Waals surface area contributed by atoms with Crippen LogP contribution in [0.3, 0.4) is 0 Å². The van der Waals surface area contributed by atoms with Gasteiger partial charge < -0.3 is 14.5 Å². The standard InChI is InChI=1S/C18H16N6O2/c1-25-14-8-7-11(9-15(14)26-2)10-19-23-18-21-17-16(22-24-18)12-5-3-4-6-13(12)20-17/h3-10H,1-2H3,(H2,20,21,23,24)/b19-10-. The van der Waals surface area contributed by atoms with Crippen LogP contribution in [0, 0.1) is 0 Å². The third kappa shape index (κ3) is 2.88. The number of anilines is 1. The summed E-state index contributed by atoms with van der Waals surface area (Å²) in [4.78, 5) is 7.62. The topological polar surface area (TPSA) is 97.3 Å². The van der Waals surface area contributed by atoms with Gasteiger partial charge in [-0.2, -0.15) is 10.1 Å². The molecule has 4 aromatic rings. The predicted molar refractivity (Wildman–Crippen MR) is 100.0 cm³/mol. The third-order valence-corrected chi connectivity index (χ3v) is 3.91. The summed E-state index contributed by atoms with van der Waals surface area (Å²) >= 11 is 0. The molecule has 0 saturated carbocycles. The zero-order valence-electron chi connectivity index (χ0n) is 14.2. The Morgan fingerprint density at radius 3 is 2.73 bits per heavy atom. The maximum Gasteiger partial charge on any atom is 0.265 e. The lowest BCUT2D eigenvalue weighted by Crippen LogP contribution is -1.99. The molecule has 0 spiro atoms. The summed E-state index contributed by atoms with van der Waals surface area (Å²) in [6, 6.07) is 13.4. The number of hydrogen-bond acceptors (Lipinski definition) is 7. The Kier molecular flexibility index (Phi) is 4.06. The fourth-order valence-electron chi connectivity index (χ4n) is 2.67. The van der Waals surface area contributed by atoms with Crippen molar-refractivity contribution in [2.75, 3.05) is 19.6 Å². The van der Waals surface area contributed by atoms with Crippen molar-refractivity contribution in [2.24, 2.45) is 5.10 Å². The van der Waals surface area contributed by atoms with E-state index in [0.717, 1.165) is 22.0 Å². The van der Waals surface area contributed by atoms with E-state index in [9.17, 15) is 0 Å². The van der Waals surface area contributed by atoms with Crippen molar-refractivity contribution >= 4 is 34.2 Å². The van der Waals surface area contributed by atoms with Crippen LogP contribution in [0.1, 0.15) is 5.56 Å². The van der Waals surface area contributed by atoms with E-state index in [2.05, 4.69) is 30.7 Å². The molecule has 0 atom stereocenters. The van der Waals surface area contributed by atoms with E-state index in [0.29, 0.717) is 23.1 Å². The average molecular weight is 348 g/mol. The molecule has 4 rings (SSSR count). The number of rotatable bonds is 5. The number of hydrogen-bond donors (Lipinski definition) is 2. The van der Waals surface area contributed by atoms with E-state index in [4.69, 9.17) is 9.47 Å². The molecule has 0 unspecified atom stereocenters. The highest BCUT2D eigenvalue weighted by molar-refractivity contribution is 6.03. The lowest BCUT2D eigenvalue weighted by atomic mass is 10.2. The van der Waals surface area contributed by atoms with E-state index >= 15 is 0 Å². The van der Waals surface area contributed by atoms with Crippen molar-refractivity contribution in [3.05, 3.63) is 48.0 Å². The molecule has 2 N–H and O–H groups in total. The summed E-state index contributed by atoms with van der Waals surface area (Å²) in [7, 11) is 3.18. The third-order valence-electron chi connectivity index (χ3n) is 3.91. The summed E-state index contributed by atoms with van der Waals surface area (Å²) in [5.41, 5.74) is 5.99. The van der Waals surface area contributed by atoms with Crippen LogP contribution in [0.5, 0.6) is 11.5 Å². The zero-order valence-corrected chi connectivity index (χ0v) is 14.2. The molecular weight excluding hydrogens is 332 g/mol. The highest BCUT2D eigenvalue weighted by Crippen LogP contribution is 2.27. The van der Waals surface area contributed by atoms with E-state index in [1.165, 1.54) is 0 Å². The van der Waals surface area contributed by atoms with Gasteiger partial charge in [0.15, 0.2) is 17.1 Å². The summed E-state index contributed by atoms with van der Waals surface area (Å²) in [5.74, 6) is 1.60.